The molecule has 1 saturated carbocycles. The van der Waals surface area contributed by atoms with Gasteiger partial charge in [-0.15, -0.1) is 0 Å². The first-order valence-corrected chi connectivity index (χ1v) is 8.01. The molecular formula is C17H22FN3O. The predicted octanol–water partition coefficient (Wildman–Crippen LogP) is 2.95. The Morgan fingerprint density at radius 3 is 2.91 bits per heavy atom. The predicted molar refractivity (Wildman–Crippen MR) is 84.0 cm³/mol. The second kappa shape index (κ2) is 6.46. The van der Waals surface area contributed by atoms with Crippen LogP contribution in [0.2, 0.25) is 0 Å². The van der Waals surface area contributed by atoms with Gasteiger partial charge in [-0.1, -0.05) is 18.9 Å². The van der Waals surface area contributed by atoms with E-state index in [9.17, 15) is 9.18 Å². The van der Waals surface area contributed by atoms with E-state index in [1.165, 1.54) is 31.7 Å². The Morgan fingerprint density at radius 2 is 2.18 bits per heavy atom. The van der Waals surface area contributed by atoms with Crippen LogP contribution in [0.3, 0.4) is 0 Å². The highest BCUT2D eigenvalue weighted by Crippen LogP contribution is 2.27. The summed E-state index contributed by atoms with van der Waals surface area (Å²) in [5, 5.41) is 2.96. The van der Waals surface area contributed by atoms with E-state index in [2.05, 4.69) is 10.3 Å². The van der Waals surface area contributed by atoms with Crippen molar-refractivity contribution in [2.45, 2.75) is 38.5 Å². The molecule has 0 aliphatic heterocycles. The van der Waals surface area contributed by atoms with Crippen LogP contribution >= 0.6 is 0 Å². The molecule has 22 heavy (non-hydrogen) atoms. The molecule has 1 heterocycles. The minimum Gasteiger partial charge on any atom is -0.356 e. The van der Waals surface area contributed by atoms with Gasteiger partial charge < -0.3 is 9.88 Å². The van der Waals surface area contributed by atoms with Crippen LogP contribution in [0.5, 0.6) is 0 Å². The number of hydrogen-bond acceptors (Lipinski definition) is 2. The number of nitrogens with one attached hydrogen (secondary N) is 1. The summed E-state index contributed by atoms with van der Waals surface area (Å²) in [4.78, 5) is 16.3. The van der Waals surface area contributed by atoms with Crippen LogP contribution in [-0.2, 0) is 18.3 Å². The highest BCUT2D eigenvalue weighted by molar-refractivity contribution is 5.77. The summed E-state index contributed by atoms with van der Waals surface area (Å²) in [5.74, 6) is 1.17. The van der Waals surface area contributed by atoms with Gasteiger partial charge in [0.1, 0.15) is 11.3 Å². The summed E-state index contributed by atoms with van der Waals surface area (Å²) in [7, 11) is 1.88. The number of nitrogens with zero attached hydrogens (tertiary/aromatic N) is 2. The van der Waals surface area contributed by atoms with Crippen LogP contribution < -0.4 is 5.32 Å². The first-order chi connectivity index (χ1) is 10.6. The number of amides is 1. The number of aromatic nitrogens is 2. The Hall–Kier alpha value is -1.91. The Bertz CT molecular complexity index is 674. The van der Waals surface area contributed by atoms with Crippen LogP contribution in [0.1, 0.15) is 37.9 Å². The molecular weight excluding hydrogens is 281 g/mol. The quantitative estimate of drug-likeness (QED) is 0.923. The van der Waals surface area contributed by atoms with Crippen molar-refractivity contribution in [2.24, 2.45) is 13.0 Å². The summed E-state index contributed by atoms with van der Waals surface area (Å²) < 4.78 is 15.6. The van der Waals surface area contributed by atoms with Gasteiger partial charge in [0.15, 0.2) is 5.82 Å². The molecule has 4 nitrogen and oxygen atoms in total. The van der Waals surface area contributed by atoms with Gasteiger partial charge in [-0.3, -0.25) is 4.79 Å². The van der Waals surface area contributed by atoms with Gasteiger partial charge in [-0.2, -0.15) is 0 Å². The van der Waals surface area contributed by atoms with Gasteiger partial charge in [-0.25, -0.2) is 9.37 Å². The number of carbonyl (C=O) groups excluding carboxylic acids is 1. The topological polar surface area (TPSA) is 46.9 Å². The summed E-state index contributed by atoms with van der Waals surface area (Å²) in [5.41, 5.74) is 1.18. The zero-order valence-electron chi connectivity index (χ0n) is 12.9. The Balaban J connectivity index is 1.56. The molecule has 1 aromatic carbocycles. The van der Waals surface area contributed by atoms with Crippen LogP contribution in [0.15, 0.2) is 18.2 Å². The molecule has 1 amide bonds. The van der Waals surface area contributed by atoms with E-state index in [1.807, 2.05) is 17.7 Å². The van der Waals surface area contributed by atoms with E-state index >= 15 is 0 Å². The normalized spacial score (nSPS) is 15.5. The second-order valence-electron chi connectivity index (χ2n) is 6.15. The third-order valence-corrected chi connectivity index (χ3v) is 4.57. The first-order valence-electron chi connectivity index (χ1n) is 8.01. The molecule has 118 valence electrons. The van der Waals surface area contributed by atoms with Crippen molar-refractivity contribution in [1.29, 1.82) is 0 Å². The summed E-state index contributed by atoms with van der Waals surface area (Å²) >= 11 is 0. The van der Waals surface area contributed by atoms with E-state index < -0.39 is 0 Å². The molecule has 0 radical (unpaired) electrons. The summed E-state index contributed by atoms with van der Waals surface area (Å²) in [6, 6.07) is 4.96. The first kappa shape index (κ1) is 15.0. The van der Waals surface area contributed by atoms with Crippen molar-refractivity contribution in [1.82, 2.24) is 14.9 Å². The van der Waals surface area contributed by atoms with Gasteiger partial charge >= 0.3 is 0 Å². The lowest BCUT2D eigenvalue weighted by Gasteiger charge is -2.09. The average molecular weight is 303 g/mol. The van der Waals surface area contributed by atoms with Crippen molar-refractivity contribution >= 4 is 16.9 Å². The van der Waals surface area contributed by atoms with Crippen LogP contribution in [0.25, 0.3) is 11.0 Å². The standard InChI is InChI=1S/C17H22FN3O/c1-21-14-8-4-7-13(18)17(14)20-15(21)9-10-19-16(22)11-12-5-2-3-6-12/h4,7-8,12H,2-3,5-6,9-11H2,1H3,(H,19,22). The summed E-state index contributed by atoms with van der Waals surface area (Å²) in [6.45, 7) is 0.546. The van der Waals surface area contributed by atoms with Crippen LogP contribution in [0, 0.1) is 11.7 Å². The SMILES string of the molecule is Cn1c(CCNC(=O)CC2CCCC2)nc2c(F)cccc21. The molecule has 1 fully saturated rings. The highest BCUT2D eigenvalue weighted by Gasteiger charge is 2.18. The number of para-hydroxylation sites is 1. The van der Waals surface area contributed by atoms with Crippen molar-refractivity contribution in [3.05, 3.63) is 29.8 Å². The lowest BCUT2D eigenvalue weighted by molar-refractivity contribution is -0.121. The number of imidazole rings is 1. The maximum atomic E-state index is 13.7. The maximum absolute atomic E-state index is 13.7. The van der Waals surface area contributed by atoms with Gasteiger partial charge in [0.2, 0.25) is 5.91 Å². The van der Waals surface area contributed by atoms with E-state index in [0.29, 0.717) is 30.8 Å². The number of halogens is 1. The molecule has 0 spiro atoms. The van der Waals surface area contributed by atoms with Gasteiger partial charge in [-0.05, 0) is 30.9 Å². The monoisotopic (exact) mass is 303 g/mol. The van der Waals surface area contributed by atoms with E-state index in [0.717, 1.165) is 11.3 Å². The van der Waals surface area contributed by atoms with Crippen molar-refractivity contribution < 1.29 is 9.18 Å². The Kier molecular flexibility index (Phi) is 4.41. The molecule has 2 aromatic rings. The average Bonchev–Trinajstić information content (AvgIpc) is 3.10. The Morgan fingerprint density at radius 1 is 1.41 bits per heavy atom. The number of fused-ring (bicyclic) bond motifs is 1. The third-order valence-electron chi connectivity index (χ3n) is 4.57. The van der Waals surface area contributed by atoms with Gasteiger partial charge in [0, 0.05) is 26.4 Å². The lowest BCUT2D eigenvalue weighted by atomic mass is 10.0. The van der Waals surface area contributed by atoms with Gasteiger partial charge in [0.25, 0.3) is 0 Å². The number of benzene rings is 1. The van der Waals surface area contributed by atoms with Crippen LogP contribution in [-0.4, -0.2) is 22.0 Å². The van der Waals surface area contributed by atoms with Crippen molar-refractivity contribution in [3.63, 3.8) is 0 Å². The highest BCUT2D eigenvalue weighted by atomic mass is 19.1. The molecule has 1 aliphatic carbocycles. The lowest BCUT2D eigenvalue weighted by Crippen LogP contribution is -2.27. The molecule has 0 bridgehead atoms. The minimum atomic E-state index is -0.301. The number of hydrogen-bond donors (Lipinski definition) is 1. The molecule has 1 N–H and O–H groups in total. The largest absolute Gasteiger partial charge is 0.356 e. The molecule has 5 heteroatoms. The fourth-order valence-electron chi connectivity index (χ4n) is 3.31. The Labute approximate surface area is 129 Å². The van der Waals surface area contributed by atoms with E-state index in [-0.39, 0.29) is 11.7 Å². The number of carbonyl (C=O) groups is 1. The summed E-state index contributed by atoms with van der Waals surface area (Å²) in [6.07, 6.45) is 6.11. The molecule has 0 atom stereocenters. The number of rotatable bonds is 5. The van der Waals surface area contributed by atoms with Gasteiger partial charge in [0.05, 0.1) is 5.52 Å². The zero-order valence-corrected chi connectivity index (χ0v) is 12.9. The zero-order chi connectivity index (χ0) is 15.5. The molecule has 3 rings (SSSR count). The second-order valence-corrected chi connectivity index (χ2v) is 6.15. The van der Waals surface area contributed by atoms with Crippen LogP contribution in [0.4, 0.5) is 4.39 Å². The molecule has 1 aliphatic rings. The minimum absolute atomic E-state index is 0.122. The van der Waals surface area contributed by atoms with E-state index in [1.54, 1.807) is 6.07 Å². The smallest absolute Gasteiger partial charge is 0.220 e. The molecule has 0 unspecified atom stereocenters. The fourth-order valence-corrected chi connectivity index (χ4v) is 3.31. The van der Waals surface area contributed by atoms with Crippen molar-refractivity contribution in [3.8, 4) is 0 Å². The molecule has 0 saturated heterocycles. The van der Waals surface area contributed by atoms with Crippen molar-refractivity contribution in [2.75, 3.05) is 6.54 Å². The fraction of sp³-hybridized carbons (Fsp3) is 0.529. The number of aryl methyl sites for hydroxylation is 1. The van der Waals surface area contributed by atoms with E-state index in [4.69, 9.17) is 0 Å². The maximum Gasteiger partial charge on any atom is 0.220 e. The third kappa shape index (κ3) is 3.13. The molecule has 1 aromatic heterocycles.